The van der Waals surface area contributed by atoms with E-state index in [1.54, 1.807) is 13.8 Å². The number of halogens is 4. The summed E-state index contributed by atoms with van der Waals surface area (Å²) in [5, 5.41) is 9.94. The number of hydrogen-bond acceptors (Lipinski definition) is 6. The van der Waals surface area contributed by atoms with Crippen molar-refractivity contribution in [3.8, 4) is 11.6 Å². The molecule has 224 valence electrons. The number of amides is 1. The zero-order valence-corrected chi connectivity index (χ0v) is 23.2. The minimum Gasteiger partial charge on any atom is -0.478 e. The van der Waals surface area contributed by atoms with Gasteiger partial charge in [-0.3, -0.25) is 4.79 Å². The van der Waals surface area contributed by atoms with Crippen LogP contribution in [0.1, 0.15) is 74.4 Å². The fourth-order valence-electron chi connectivity index (χ4n) is 5.17. The lowest BCUT2D eigenvalue weighted by Crippen LogP contribution is -2.43. The average Bonchev–Trinajstić information content (AvgIpc) is 3.42. The van der Waals surface area contributed by atoms with Crippen molar-refractivity contribution in [2.45, 2.75) is 77.8 Å². The van der Waals surface area contributed by atoms with Crippen molar-refractivity contribution in [2.24, 2.45) is 11.8 Å². The van der Waals surface area contributed by atoms with Crippen LogP contribution in [0, 0.1) is 17.7 Å². The zero-order chi connectivity index (χ0) is 29.9. The minimum atomic E-state index is -4.90. The van der Waals surface area contributed by atoms with Crippen LogP contribution in [-0.4, -0.2) is 47.3 Å². The Balaban J connectivity index is 1.64. The number of anilines is 1. The zero-order valence-electron chi connectivity index (χ0n) is 23.2. The van der Waals surface area contributed by atoms with E-state index in [4.69, 9.17) is 14.2 Å². The van der Waals surface area contributed by atoms with Gasteiger partial charge >= 0.3 is 12.1 Å². The van der Waals surface area contributed by atoms with Gasteiger partial charge in [0.05, 0.1) is 30.6 Å². The van der Waals surface area contributed by atoms with Crippen LogP contribution in [0.3, 0.4) is 0 Å². The van der Waals surface area contributed by atoms with Gasteiger partial charge in [-0.15, -0.1) is 0 Å². The highest BCUT2D eigenvalue weighted by molar-refractivity contribution is 6.03. The van der Waals surface area contributed by atoms with Gasteiger partial charge in [0.15, 0.2) is 11.6 Å². The van der Waals surface area contributed by atoms with Gasteiger partial charge in [-0.1, -0.05) is 6.92 Å². The van der Waals surface area contributed by atoms with Crippen LogP contribution in [0.5, 0.6) is 11.6 Å². The lowest BCUT2D eigenvalue weighted by Gasteiger charge is -2.34. The molecule has 8 nitrogen and oxygen atoms in total. The molecule has 0 bridgehead atoms. The molecule has 2 aromatic rings. The predicted molar refractivity (Wildman–Crippen MR) is 140 cm³/mol. The minimum absolute atomic E-state index is 0.127. The number of nitrogens with zero attached hydrogens (tertiary/aromatic N) is 2. The normalized spacial score (nSPS) is 21.2. The number of rotatable bonds is 9. The summed E-state index contributed by atoms with van der Waals surface area (Å²) in [6.07, 6.45) is -0.419. The third kappa shape index (κ3) is 7.34. The number of alkyl halides is 3. The van der Waals surface area contributed by atoms with E-state index in [0.717, 1.165) is 37.2 Å². The first-order chi connectivity index (χ1) is 19.3. The van der Waals surface area contributed by atoms with Crippen molar-refractivity contribution in [1.82, 2.24) is 4.98 Å². The molecule has 1 unspecified atom stereocenters. The molecule has 1 saturated carbocycles. The van der Waals surface area contributed by atoms with Gasteiger partial charge in [0.2, 0.25) is 11.8 Å². The van der Waals surface area contributed by atoms with Crippen molar-refractivity contribution < 1.29 is 46.5 Å². The maximum absolute atomic E-state index is 15.4. The third-order valence-electron chi connectivity index (χ3n) is 7.45. The predicted octanol–water partition coefficient (Wildman–Crippen LogP) is 6.60. The van der Waals surface area contributed by atoms with Crippen molar-refractivity contribution in [2.75, 3.05) is 18.1 Å². The van der Waals surface area contributed by atoms with E-state index in [2.05, 4.69) is 11.9 Å². The molecule has 1 aromatic carbocycles. The smallest absolute Gasteiger partial charge is 0.421 e. The maximum atomic E-state index is 15.4. The molecule has 0 radical (unpaired) electrons. The molecule has 1 saturated heterocycles. The monoisotopic (exact) mass is 582 g/mol. The maximum Gasteiger partial charge on any atom is 0.421 e. The molecule has 2 aliphatic rings. The summed E-state index contributed by atoms with van der Waals surface area (Å²) in [4.78, 5) is 30.7. The van der Waals surface area contributed by atoms with Crippen LogP contribution in [0.25, 0.3) is 0 Å². The van der Waals surface area contributed by atoms with Crippen LogP contribution in [0.4, 0.5) is 23.2 Å². The fourth-order valence-corrected chi connectivity index (χ4v) is 5.17. The van der Waals surface area contributed by atoms with Crippen molar-refractivity contribution in [3.63, 3.8) is 0 Å². The largest absolute Gasteiger partial charge is 0.478 e. The average molecular weight is 583 g/mol. The van der Waals surface area contributed by atoms with Crippen molar-refractivity contribution in [1.29, 1.82) is 0 Å². The Hall–Kier alpha value is -3.25. The second-order valence-electron chi connectivity index (χ2n) is 11.0. The Morgan fingerprint density at radius 3 is 2.44 bits per heavy atom. The topological polar surface area (TPSA) is 98.2 Å². The van der Waals surface area contributed by atoms with E-state index in [-0.39, 0.29) is 35.8 Å². The summed E-state index contributed by atoms with van der Waals surface area (Å²) in [5.74, 6) is -4.51. The van der Waals surface area contributed by atoms with Gasteiger partial charge < -0.3 is 24.2 Å². The van der Waals surface area contributed by atoms with E-state index < -0.39 is 46.8 Å². The molecule has 0 spiro atoms. The number of carbonyl (C=O) groups is 2. The summed E-state index contributed by atoms with van der Waals surface area (Å²) in [7, 11) is 0. The molecule has 1 amide bonds. The van der Waals surface area contributed by atoms with E-state index >= 15 is 4.39 Å². The quantitative estimate of drug-likeness (QED) is 0.333. The summed E-state index contributed by atoms with van der Waals surface area (Å²) >= 11 is 0. The number of carbonyl (C=O) groups excluding carboxylic acids is 1. The first-order valence-electron chi connectivity index (χ1n) is 13.7. The Bertz CT molecular complexity index is 1250. The van der Waals surface area contributed by atoms with Crippen LogP contribution >= 0.6 is 0 Å². The van der Waals surface area contributed by atoms with E-state index in [1.807, 2.05) is 0 Å². The summed E-state index contributed by atoms with van der Waals surface area (Å²) < 4.78 is 73.1. The second kappa shape index (κ2) is 12.7. The Kier molecular flexibility index (Phi) is 9.53. The van der Waals surface area contributed by atoms with E-state index in [1.165, 1.54) is 4.90 Å². The third-order valence-corrected chi connectivity index (χ3v) is 7.45. The van der Waals surface area contributed by atoms with Gasteiger partial charge in [-0.2, -0.15) is 13.2 Å². The first kappa shape index (κ1) is 30.7. The molecule has 41 heavy (non-hydrogen) atoms. The van der Waals surface area contributed by atoms with Gasteiger partial charge in [0, 0.05) is 36.9 Å². The Labute approximate surface area is 235 Å². The lowest BCUT2D eigenvalue weighted by molar-refractivity contribution is -0.139. The highest BCUT2D eigenvalue weighted by Crippen LogP contribution is 2.40. The number of benzene rings is 1. The SMILES string of the molecule is CC(C)N(c1cc(F)c(Oc2ncc(COC3CCOC3)cc2C(F)(F)F)cc1C(=O)O)C(=O)[C@H]1CC[C@H](C)CC1. The molecule has 1 aromatic heterocycles. The molecule has 12 heteroatoms. The van der Waals surface area contributed by atoms with Gasteiger partial charge in [0.1, 0.15) is 5.56 Å². The standard InChI is InChI=1S/C29H34F4N2O6/c1-16(2)35(27(36)19-6-4-17(3)5-7-19)24-12-23(30)25(11-21(24)28(37)38)41-26-22(29(31,32)33)10-18(13-34-26)14-40-20-8-9-39-15-20/h10-13,16-17,19-20H,4-9,14-15H2,1-3H3,(H,37,38)/t17-,19-,20?. The number of ether oxygens (including phenoxy) is 3. The van der Waals surface area contributed by atoms with Crippen molar-refractivity contribution >= 4 is 17.6 Å². The van der Waals surface area contributed by atoms with Gasteiger partial charge in [-0.05, 0) is 63.5 Å². The van der Waals surface area contributed by atoms with Gasteiger partial charge in [-0.25, -0.2) is 14.2 Å². The number of aromatic nitrogens is 1. The van der Waals surface area contributed by atoms with Crippen molar-refractivity contribution in [3.05, 3.63) is 46.9 Å². The molecule has 2 fully saturated rings. The Morgan fingerprint density at radius 2 is 1.85 bits per heavy atom. The first-order valence-corrected chi connectivity index (χ1v) is 13.7. The molecule has 1 aliphatic heterocycles. The van der Waals surface area contributed by atoms with Crippen LogP contribution in [-0.2, 0) is 27.1 Å². The summed E-state index contributed by atoms with van der Waals surface area (Å²) in [6, 6.07) is 1.90. The number of pyridine rings is 1. The Morgan fingerprint density at radius 1 is 1.15 bits per heavy atom. The number of carboxylic acid groups (broad SMARTS) is 1. The van der Waals surface area contributed by atoms with Gasteiger partial charge in [0.25, 0.3) is 0 Å². The second-order valence-corrected chi connectivity index (χ2v) is 11.0. The number of hydrogen-bond donors (Lipinski definition) is 1. The van der Waals surface area contributed by atoms with Crippen LogP contribution in [0.2, 0.25) is 0 Å². The molecular weight excluding hydrogens is 548 g/mol. The highest BCUT2D eigenvalue weighted by Gasteiger charge is 2.37. The molecular formula is C29H34F4N2O6. The van der Waals surface area contributed by atoms with E-state index in [0.29, 0.717) is 38.4 Å². The number of aromatic carboxylic acids is 1. The molecule has 1 atom stereocenters. The van der Waals surface area contributed by atoms with Crippen LogP contribution in [0.15, 0.2) is 24.4 Å². The molecule has 1 aliphatic carbocycles. The summed E-state index contributed by atoms with van der Waals surface area (Å²) in [6.45, 7) is 6.18. The molecule has 4 rings (SSSR count). The lowest BCUT2D eigenvalue weighted by atomic mass is 9.82. The number of carboxylic acids is 1. The molecule has 1 N–H and O–H groups in total. The molecule has 2 heterocycles. The summed E-state index contributed by atoms with van der Waals surface area (Å²) in [5.41, 5.74) is -1.81. The van der Waals surface area contributed by atoms with Crippen LogP contribution < -0.4 is 9.64 Å². The van der Waals surface area contributed by atoms with E-state index in [9.17, 15) is 27.9 Å². The fraction of sp³-hybridized carbons (Fsp3) is 0.552. The highest BCUT2D eigenvalue weighted by atomic mass is 19.4.